The highest BCUT2D eigenvalue weighted by molar-refractivity contribution is 5.95. The predicted molar refractivity (Wildman–Crippen MR) is 118 cm³/mol. The number of nitrogens with zero attached hydrogens (tertiary/aromatic N) is 2. The van der Waals surface area contributed by atoms with E-state index in [1.807, 2.05) is 18.7 Å². The first-order valence-corrected chi connectivity index (χ1v) is 10.6. The lowest BCUT2D eigenvalue weighted by Gasteiger charge is -2.39. The average Bonchev–Trinajstić information content (AvgIpc) is 2.77. The fourth-order valence-electron chi connectivity index (χ4n) is 4.02. The zero-order chi connectivity index (χ0) is 22.5. The van der Waals surface area contributed by atoms with E-state index in [9.17, 15) is 14.3 Å². The van der Waals surface area contributed by atoms with Crippen molar-refractivity contribution < 1.29 is 23.8 Å². The number of carbonyl (C=O) groups is 1. The molecule has 0 aliphatic carbocycles. The van der Waals surface area contributed by atoms with Crippen LogP contribution in [0.25, 0.3) is 0 Å². The number of anilines is 1. The number of benzene rings is 2. The summed E-state index contributed by atoms with van der Waals surface area (Å²) in [5, 5.41) is 10.4. The van der Waals surface area contributed by atoms with E-state index in [4.69, 9.17) is 9.47 Å². The van der Waals surface area contributed by atoms with E-state index in [0.717, 1.165) is 37.2 Å². The van der Waals surface area contributed by atoms with Crippen LogP contribution in [0.15, 0.2) is 36.4 Å². The van der Waals surface area contributed by atoms with E-state index < -0.39 is 0 Å². The van der Waals surface area contributed by atoms with Gasteiger partial charge in [0.2, 0.25) is 5.91 Å². The molecule has 7 heteroatoms. The van der Waals surface area contributed by atoms with Gasteiger partial charge in [-0.3, -0.25) is 9.69 Å². The first-order chi connectivity index (χ1) is 14.8. The fraction of sp³-hybridized carbons (Fsp3) is 0.458. The summed E-state index contributed by atoms with van der Waals surface area (Å²) in [5.74, 6) is 0.842. The van der Waals surface area contributed by atoms with Gasteiger partial charge in [-0.1, -0.05) is 13.8 Å². The lowest BCUT2D eigenvalue weighted by molar-refractivity contribution is -0.122. The number of hydrogen-bond acceptors (Lipinski definition) is 5. The second kappa shape index (κ2) is 10.0. The van der Waals surface area contributed by atoms with Gasteiger partial charge in [-0.05, 0) is 37.1 Å². The minimum absolute atomic E-state index is 0.0412. The van der Waals surface area contributed by atoms with Crippen LogP contribution >= 0.6 is 0 Å². The Hall–Kier alpha value is -2.80. The van der Waals surface area contributed by atoms with Gasteiger partial charge in [-0.2, -0.15) is 0 Å². The Morgan fingerprint density at radius 1 is 1.16 bits per heavy atom. The number of ether oxygens (including phenoxy) is 2. The average molecular weight is 431 g/mol. The smallest absolute Gasteiger partial charge is 0.229 e. The predicted octanol–water partition coefficient (Wildman–Crippen LogP) is 4.20. The zero-order valence-corrected chi connectivity index (χ0v) is 18.6. The minimum atomic E-state index is -0.316. The van der Waals surface area contributed by atoms with Gasteiger partial charge in [0.1, 0.15) is 23.1 Å². The molecule has 1 aliphatic heterocycles. The van der Waals surface area contributed by atoms with E-state index >= 15 is 0 Å². The van der Waals surface area contributed by atoms with Gasteiger partial charge in [-0.25, -0.2) is 4.39 Å². The molecule has 1 N–H and O–H groups in total. The van der Waals surface area contributed by atoms with Crippen molar-refractivity contribution in [3.8, 4) is 17.2 Å². The minimum Gasteiger partial charge on any atom is -0.507 e. The van der Waals surface area contributed by atoms with E-state index in [2.05, 4.69) is 4.90 Å². The third-order valence-corrected chi connectivity index (χ3v) is 5.75. The number of amides is 1. The van der Waals surface area contributed by atoms with Crippen LogP contribution < -0.4 is 14.4 Å². The molecule has 0 atom stereocenters. The number of hydrogen-bond donors (Lipinski definition) is 1. The summed E-state index contributed by atoms with van der Waals surface area (Å²) in [6.07, 6.45) is 1.57. The lowest BCUT2D eigenvalue weighted by Crippen LogP contribution is -2.48. The van der Waals surface area contributed by atoms with Crippen LogP contribution in [-0.4, -0.2) is 49.3 Å². The SMILES string of the molecule is COc1cc(O)c(CN2CCC(N(C(=O)C(C)C)c3ccc(F)cc3)CC2)c(OC)c1. The topological polar surface area (TPSA) is 62.2 Å². The van der Waals surface area contributed by atoms with Gasteiger partial charge >= 0.3 is 0 Å². The van der Waals surface area contributed by atoms with E-state index in [0.29, 0.717) is 18.0 Å². The van der Waals surface area contributed by atoms with Crippen LogP contribution in [0.3, 0.4) is 0 Å². The molecule has 2 aromatic carbocycles. The molecular formula is C24H31FN2O4. The van der Waals surface area contributed by atoms with Crippen LogP contribution in [0.1, 0.15) is 32.3 Å². The van der Waals surface area contributed by atoms with Gasteiger partial charge in [-0.15, -0.1) is 0 Å². The number of rotatable bonds is 7. The van der Waals surface area contributed by atoms with Gasteiger partial charge in [0.05, 0.1) is 19.8 Å². The van der Waals surface area contributed by atoms with Crippen molar-refractivity contribution >= 4 is 11.6 Å². The number of likely N-dealkylation sites (tertiary alicyclic amines) is 1. The molecule has 0 bridgehead atoms. The molecule has 1 saturated heterocycles. The maximum absolute atomic E-state index is 13.4. The summed E-state index contributed by atoms with van der Waals surface area (Å²) in [5.41, 5.74) is 1.45. The number of methoxy groups -OCH3 is 2. The lowest BCUT2D eigenvalue weighted by atomic mass is 9.99. The number of aromatic hydroxyl groups is 1. The number of piperidine rings is 1. The van der Waals surface area contributed by atoms with Crippen molar-refractivity contribution in [1.29, 1.82) is 0 Å². The third kappa shape index (κ3) is 5.28. The van der Waals surface area contributed by atoms with Gasteiger partial charge < -0.3 is 19.5 Å². The van der Waals surface area contributed by atoms with Crippen LogP contribution in [0.4, 0.5) is 10.1 Å². The summed E-state index contributed by atoms with van der Waals surface area (Å²) in [6.45, 7) is 5.84. The molecule has 31 heavy (non-hydrogen) atoms. The number of carbonyl (C=O) groups excluding carboxylic acids is 1. The Kier molecular flexibility index (Phi) is 7.38. The van der Waals surface area contributed by atoms with Gasteiger partial charge in [0.25, 0.3) is 0 Å². The summed E-state index contributed by atoms with van der Waals surface area (Å²) in [7, 11) is 3.12. The second-order valence-electron chi connectivity index (χ2n) is 8.17. The molecule has 168 valence electrons. The molecule has 0 radical (unpaired) electrons. The summed E-state index contributed by atoms with van der Waals surface area (Å²) < 4.78 is 24.0. The van der Waals surface area contributed by atoms with Crippen molar-refractivity contribution in [3.63, 3.8) is 0 Å². The normalized spacial score (nSPS) is 15.2. The van der Waals surface area contributed by atoms with Gasteiger partial charge in [0, 0.05) is 49.4 Å². The maximum Gasteiger partial charge on any atom is 0.229 e. The molecule has 1 fully saturated rings. The number of phenols is 1. The molecule has 1 heterocycles. The van der Waals surface area contributed by atoms with E-state index in [1.54, 1.807) is 38.5 Å². The monoisotopic (exact) mass is 430 g/mol. The van der Waals surface area contributed by atoms with Crippen molar-refractivity contribution in [2.24, 2.45) is 5.92 Å². The summed E-state index contributed by atoms with van der Waals surface area (Å²) in [4.78, 5) is 17.0. The zero-order valence-electron chi connectivity index (χ0n) is 18.6. The largest absolute Gasteiger partial charge is 0.507 e. The quantitative estimate of drug-likeness (QED) is 0.713. The molecule has 0 unspecified atom stereocenters. The highest BCUT2D eigenvalue weighted by Crippen LogP contribution is 2.35. The highest BCUT2D eigenvalue weighted by atomic mass is 19.1. The maximum atomic E-state index is 13.4. The van der Waals surface area contributed by atoms with Gasteiger partial charge in [0.15, 0.2) is 0 Å². The van der Waals surface area contributed by atoms with Crippen molar-refractivity contribution in [3.05, 3.63) is 47.8 Å². The van der Waals surface area contributed by atoms with E-state index in [1.165, 1.54) is 12.1 Å². The number of halogens is 1. The molecule has 1 aliphatic rings. The fourth-order valence-corrected chi connectivity index (χ4v) is 4.02. The number of phenolic OH excluding ortho intramolecular Hbond substituents is 1. The third-order valence-electron chi connectivity index (χ3n) is 5.75. The van der Waals surface area contributed by atoms with Crippen molar-refractivity contribution in [1.82, 2.24) is 4.90 Å². The molecule has 0 saturated carbocycles. The molecule has 3 rings (SSSR count). The first kappa shape index (κ1) is 22.9. The Labute approximate surface area is 183 Å². The van der Waals surface area contributed by atoms with E-state index in [-0.39, 0.29) is 29.4 Å². The molecular weight excluding hydrogens is 399 g/mol. The molecule has 6 nitrogen and oxygen atoms in total. The standard InChI is InChI=1S/C24H31FN2O4/c1-16(2)24(29)27(18-7-5-17(25)6-8-18)19-9-11-26(12-10-19)15-21-22(28)13-20(30-3)14-23(21)31-4/h5-8,13-14,16,19,28H,9-12,15H2,1-4H3. The van der Waals surface area contributed by atoms with Crippen molar-refractivity contribution in [2.45, 2.75) is 39.3 Å². The molecule has 0 spiro atoms. The highest BCUT2D eigenvalue weighted by Gasteiger charge is 2.31. The Bertz CT molecular complexity index is 893. The molecule has 2 aromatic rings. The Morgan fingerprint density at radius 3 is 2.35 bits per heavy atom. The first-order valence-electron chi connectivity index (χ1n) is 10.6. The van der Waals surface area contributed by atoms with Crippen LogP contribution in [0.5, 0.6) is 17.2 Å². The summed E-state index contributed by atoms with van der Waals surface area (Å²) in [6, 6.07) is 9.52. The van der Waals surface area contributed by atoms with Crippen LogP contribution in [-0.2, 0) is 11.3 Å². The van der Waals surface area contributed by atoms with Crippen LogP contribution in [0, 0.1) is 11.7 Å². The molecule has 1 amide bonds. The Balaban J connectivity index is 1.73. The second-order valence-corrected chi connectivity index (χ2v) is 8.17. The Morgan fingerprint density at radius 2 is 1.81 bits per heavy atom. The summed E-state index contributed by atoms with van der Waals surface area (Å²) >= 11 is 0. The molecule has 0 aromatic heterocycles. The van der Waals surface area contributed by atoms with Crippen LogP contribution in [0.2, 0.25) is 0 Å². The van der Waals surface area contributed by atoms with Crippen molar-refractivity contribution in [2.75, 3.05) is 32.2 Å².